The normalized spacial score (nSPS) is 18.4. The minimum Gasteiger partial charge on any atom is -0.347 e. The summed E-state index contributed by atoms with van der Waals surface area (Å²) in [5.41, 5.74) is 2.72. The lowest BCUT2D eigenvalue weighted by Crippen LogP contribution is -2.27. The van der Waals surface area contributed by atoms with Gasteiger partial charge in [0.25, 0.3) is 0 Å². The molecular formula is C26H39ClN2O. The van der Waals surface area contributed by atoms with E-state index >= 15 is 0 Å². The fraction of sp³-hybridized carbons (Fsp3) is 0.654. The van der Waals surface area contributed by atoms with Crippen LogP contribution in [0, 0.1) is 11.8 Å². The SMILES string of the molecule is Cl.O=C(CCCC1CCNCC1)CCc1cn(CC2CCCCC2)c2ccccc12. The summed E-state index contributed by atoms with van der Waals surface area (Å²) in [6.45, 7) is 3.46. The monoisotopic (exact) mass is 430 g/mol. The molecule has 166 valence electrons. The average molecular weight is 431 g/mol. The van der Waals surface area contributed by atoms with E-state index in [0.717, 1.165) is 50.7 Å². The number of nitrogens with one attached hydrogen (secondary N) is 1. The van der Waals surface area contributed by atoms with Gasteiger partial charge in [0, 0.05) is 36.5 Å². The molecule has 0 amide bonds. The summed E-state index contributed by atoms with van der Waals surface area (Å²) in [5, 5.41) is 4.78. The van der Waals surface area contributed by atoms with Gasteiger partial charge in [-0.15, -0.1) is 12.4 Å². The Bertz CT molecular complexity index is 787. The number of para-hydroxylation sites is 1. The molecule has 2 fully saturated rings. The molecule has 4 heteroatoms. The summed E-state index contributed by atoms with van der Waals surface area (Å²) in [4.78, 5) is 12.5. The van der Waals surface area contributed by atoms with Crippen molar-refractivity contribution in [3.8, 4) is 0 Å². The molecule has 0 radical (unpaired) electrons. The van der Waals surface area contributed by atoms with Crippen LogP contribution in [0.1, 0.15) is 76.2 Å². The number of halogens is 1. The number of aryl methyl sites for hydroxylation is 1. The van der Waals surface area contributed by atoms with E-state index in [-0.39, 0.29) is 12.4 Å². The molecule has 1 N–H and O–H groups in total. The molecule has 1 aliphatic carbocycles. The lowest BCUT2D eigenvalue weighted by molar-refractivity contribution is -0.119. The van der Waals surface area contributed by atoms with E-state index < -0.39 is 0 Å². The van der Waals surface area contributed by atoms with Crippen molar-refractivity contribution in [3.05, 3.63) is 36.0 Å². The fourth-order valence-corrected chi connectivity index (χ4v) is 5.48. The van der Waals surface area contributed by atoms with Gasteiger partial charge in [-0.1, -0.05) is 37.5 Å². The Kier molecular flexibility index (Phi) is 9.27. The lowest BCUT2D eigenvalue weighted by Gasteiger charge is -2.22. The number of aromatic nitrogens is 1. The van der Waals surface area contributed by atoms with Crippen molar-refractivity contribution in [2.24, 2.45) is 11.8 Å². The number of nitrogens with zero attached hydrogens (tertiary/aromatic N) is 1. The third kappa shape index (κ3) is 6.34. The number of carbonyl (C=O) groups excluding carboxylic acids is 1. The number of hydrogen-bond acceptors (Lipinski definition) is 2. The molecular weight excluding hydrogens is 392 g/mol. The first-order chi connectivity index (χ1) is 14.3. The number of fused-ring (bicyclic) bond motifs is 1. The summed E-state index contributed by atoms with van der Waals surface area (Å²) < 4.78 is 2.47. The van der Waals surface area contributed by atoms with Crippen LogP contribution in [0.2, 0.25) is 0 Å². The topological polar surface area (TPSA) is 34.0 Å². The van der Waals surface area contributed by atoms with Crippen molar-refractivity contribution in [2.75, 3.05) is 13.1 Å². The summed E-state index contributed by atoms with van der Waals surface area (Å²) in [6.07, 6.45) is 16.5. The molecule has 2 aliphatic rings. The molecule has 2 aromatic rings. The van der Waals surface area contributed by atoms with Gasteiger partial charge in [0.15, 0.2) is 0 Å². The van der Waals surface area contributed by atoms with Gasteiger partial charge in [-0.05, 0) is 81.5 Å². The highest BCUT2D eigenvalue weighted by Gasteiger charge is 2.17. The molecule has 1 saturated heterocycles. The summed E-state index contributed by atoms with van der Waals surface area (Å²) in [6, 6.07) is 8.78. The first-order valence-electron chi connectivity index (χ1n) is 12.1. The highest BCUT2D eigenvalue weighted by molar-refractivity contribution is 5.85. The van der Waals surface area contributed by atoms with Gasteiger partial charge in [-0.25, -0.2) is 0 Å². The van der Waals surface area contributed by atoms with Crippen LogP contribution in [0.5, 0.6) is 0 Å². The molecule has 0 bridgehead atoms. The summed E-state index contributed by atoms with van der Waals surface area (Å²) in [5.74, 6) is 2.11. The largest absolute Gasteiger partial charge is 0.347 e. The van der Waals surface area contributed by atoms with Gasteiger partial charge in [0.1, 0.15) is 5.78 Å². The Morgan fingerprint density at radius 3 is 2.53 bits per heavy atom. The van der Waals surface area contributed by atoms with E-state index in [1.807, 2.05) is 0 Å². The maximum absolute atomic E-state index is 12.5. The third-order valence-electron chi connectivity index (χ3n) is 7.25. The van der Waals surface area contributed by atoms with Crippen LogP contribution < -0.4 is 5.32 Å². The zero-order chi connectivity index (χ0) is 19.9. The van der Waals surface area contributed by atoms with Gasteiger partial charge in [-0.2, -0.15) is 0 Å². The Morgan fingerprint density at radius 2 is 1.73 bits per heavy atom. The zero-order valence-electron chi connectivity index (χ0n) is 18.4. The molecule has 1 aromatic carbocycles. The number of ketones is 1. The second kappa shape index (κ2) is 11.9. The summed E-state index contributed by atoms with van der Waals surface area (Å²) >= 11 is 0. The van der Waals surface area contributed by atoms with E-state index in [0.29, 0.717) is 12.2 Å². The summed E-state index contributed by atoms with van der Waals surface area (Å²) in [7, 11) is 0. The predicted molar refractivity (Wildman–Crippen MR) is 129 cm³/mol. The van der Waals surface area contributed by atoms with Crippen molar-refractivity contribution in [1.29, 1.82) is 0 Å². The van der Waals surface area contributed by atoms with E-state index in [9.17, 15) is 4.79 Å². The van der Waals surface area contributed by atoms with Crippen LogP contribution in [0.4, 0.5) is 0 Å². The van der Waals surface area contributed by atoms with Gasteiger partial charge < -0.3 is 9.88 Å². The first kappa shape index (κ1) is 23.3. The molecule has 0 spiro atoms. The zero-order valence-corrected chi connectivity index (χ0v) is 19.2. The van der Waals surface area contributed by atoms with E-state index in [4.69, 9.17) is 0 Å². The molecule has 4 rings (SSSR count). The van der Waals surface area contributed by atoms with E-state index in [1.165, 1.54) is 67.8 Å². The van der Waals surface area contributed by atoms with E-state index in [2.05, 4.69) is 40.3 Å². The van der Waals surface area contributed by atoms with Gasteiger partial charge in [0.05, 0.1) is 0 Å². The van der Waals surface area contributed by atoms with Crippen LogP contribution in [-0.2, 0) is 17.8 Å². The van der Waals surface area contributed by atoms with Crippen LogP contribution in [-0.4, -0.2) is 23.4 Å². The Morgan fingerprint density at radius 1 is 0.967 bits per heavy atom. The standard InChI is InChI=1S/C26H38N2O.ClH/c29-24(10-6-9-21-15-17-27-18-16-21)14-13-23-20-28(19-22-7-2-1-3-8-22)26-12-5-4-11-25(23)26;/h4-5,11-12,20-22,27H,1-3,6-10,13-19H2;1H. The number of hydrogen-bond donors (Lipinski definition) is 1. The molecule has 1 saturated carbocycles. The van der Waals surface area contributed by atoms with Gasteiger partial charge in [-0.3, -0.25) is 4.79 Å². The molecule has 3 nitrogen and oxygen atoms in total. The van der Waals surface area contributed by atoms with Gasteiger partial charge in [0.2, 0.25) is 0 Å². The van der Waals surface area contributed by atoms with Crippen molar-refractivity contribution >= 4 is 29.1 Å². The maximum atomic E-state index is 12.5. The minimum absolute atomic E-state index is 0. The second-order valence-electron chi connectivity index (χ2n) is 9.45. The second-order valence-corrected chi connectivity index (χ2v) is 9.45. The molecule has 30 heavy (non-hydrogen) atoms. The fourth-order valence-electron chi connectivity index (χ4n) is 5.48. The van der Waals surface area contributed by atoms with Crippen LogP contribution in [0.15, 0.2) is 30.5 Å². The first-order valence-corrected chi connectivity index (χ1v) is 12.1. The molecule has 2 heterocycles. The molecule has 1 aromatic heterocycles. The maximum Gasteiger partial charge on any atom is 0.133 e. The average Bonchev–Trinajstić information content (AvgIpc) is 3.11. The van der Waals surface area contributed by atoms with E-state index in [1.54, 1.807) is 0 Å². The van der Waals surface area contributed by atoms with Crippen molar-refractivity contribution < 1.29 is 4.79 Å². The molecule has 1 aliphatic heterocycles. The third-order valence-corrected chi connectivity index (χ3v) is 7.25. The highest BCUT2D eigenvalue weighted by Crippen LogP contribution is 2.29. The van der Waals surface area contributed by atoms with Crippen molar-refractivity contribution in [1.82, 2.24) is 9.88 Å². The smallest absolute Gasteiger partial charge is 0.133 e. The van der Waals surface area contributed by atoms with Crippen LogP contribution in [0.25, 0.3) is 10.9 Å². The van der Waals surface area contributed by atoms with Crippen molar-refractivity contribution in [2.45, 2.75) is 83.6 Å². The Hall–Kier alpha value is -1.32. The minimum atomic E-state index is 0. The number of carbonyl (C=O) groups is 1. The van der Waals surface area contributed by atoms with Crippen LogP contribution in [0.3, 0.4) is 0 Å². The molecule has 0 atom stereocenters. The number of piperidine rings is 1. The predicted octanol–water partition coefficient (Wildman–Crippen LogP) is 6.32. The number of Topliss-reactive ketones (excluding diaryl/α,β-unsaturated/α-hetero) is 1. The Balaban J connectivity index is 0.00000256. The van der Waals surface area contributed by atoms with Gasteiger partial charge >= 0.3 is 0 Å². The van der Waals surface area contributed by atoms with Crippen molar-refractivity contribution in [3.63, 3.8) is 0 Å². The Labute approximate surface area is 188 Å². The van der Waals surface area contributed by atoms with Crippen LogP contribution >= 0.6 is 12.4 Å². The lowest BCUT2D eigenvalue weighted by atomic mass is 9.89. The number of benzene rings is 1. The highest BCUT2D eigenvalue weighted by atomic mass is 35.5. The number of rotatable bonds is 9. The quantitative estimate of drug-likeness (QED) is 0.505. The molecule has 0 unspecified atom stereocenters.